The van der Waals surface area contributed by atoms with Crippen molar-refractivity contribution < 1.29 is 50.0 Å². The molecule has 0 bridgehead atoms. The molecular formula is C64H117NO10. The van der Waals surface area contributed by atoms with Crippen LogP contribution in [0, 0.1) is 0 Å². The summed E-state index contributed by atoms with van der Waals surface area (Å²) in [6.07, 6.45) is 57.1. The zero-order valence-corrected chi connectivity index (χ0v) is 48.0. The molecule has 11 heteroatoms. The van der Waals surface area contributed by atoms with Crippen molar-refractivity contribution in [3.05, 3.63) is 60.8 Å². The highest BCUT2D eigenvalue weighted by atomic mass is 16.7. The lowest BCUT2D eigenvalue weighted by Crippen LogP contribution is -2.60. The number of ether oxygens (including phenoxy) is 2. The van der Waals surface area contributed by atoms with Crippen molar-refractivity contribution in [2.75, 3.05) is 13.2 Å². The first-order chi connectivity index (χ1) is 36.7. The summed E-state index contributed by atoms with van der Waals surface area (Å²) in [5.74, 6) is -0.720. The smallest absolute Gasteiger partial charge is 0.249 e. The molecule has 1 aliphatic rings. The van der Waals surface area contributed by atoms with Crippen LogP contribution >= 0.6 is 0 Å². The fraction of sp³-hybridized carbons (Fsp3) is 0.828. The number of aliphatic hydroxyl groups excluding tert-OH is 7. The second-order valence-corrected chi connectivity index (χ2v) is 21.7. The van der Waals surface area contributed by atoms with Crippen LogP contribution in [0.3, 0.4) is 0 Å². The summed E-state index contributed by atoms with van der Waals surface area (Å²) < 4.78 is 11.1. The Balaban J connectivity index is 2.34. The summed E-state index contributed by atoms with van der Waals surface area (Å²) in [5, 5.41) is 76.2. The molecule has 1 rings (SSSR count). The summed E-state index contributed by atoms with van der Waals surface area (Å²) in [7, 11) is 0. The Labute approximate surface area is 459 Å². The molecule has 1 heterocycles. The predicted octanol–water partition coefficient (Wildman–Crippen LogP) is 13.8. The molecule has 75 heavy (non-hydrogen) atoms. The molecule has 0 aromatic rings. The molecule has 0 saturated carbocycles. The van der Waals surface area contributed by atoms with Gasteiger partial charge in [0.25, 0.3) is 0 Å². The van der Waals surface area contributed by atoms with E-state index in [0.29, 0.717) is 19.3 Å². The predicted molar refractivity (Wildman–Crippen MR) is 311 cm³/mol. The van der Waals surface area contributed by atoms with Crippen molar-refractivity contribution in [1.29, 1.82) is 0 Å². The van der Waals surface area contributed by atoms with Gasteiger partial charge in [-0.3, -0.25) is 4.79 Å². The van der Waals surface area contributed by atoms with Gasteiger partial charge in [0.2, 0.25) is 5.91 Å². The SMILES string of the molecule is CCCCCCCCCCC/C=C\C/C=C\CCCCCCCCC(O)C(=O)NC(COC1OC(CO)C(O)C(O)C1O)C(O)C(O)CCC/C=C/CC/C=C/CC/C=C/CCCCCCCCCCCCCCC. The molecule has 0 radical (unpaired) electrons. The molecule has 0 aromatic heterocycles. The van der Waals surface area contributed by atoms with Gasteiger partial charge in [-0.05, 0) is 96.3 Å². The lowest BCUT2D eigenvalue weighted by atomic mass is 9.98. The fourth-order valence-corrected chi connectivity index (χ4v) is 9.68. The molecule has 9 unspecified atom stereocenters. The maximum Gasteiger partial charge on any atom is 0.249 e. The largest absolute Gasteiger partial charge is 0.394 e. The highest BCUT2D eigenvalue weighted by Gasteiger charge is 2.44. The van der Waals surface area contributed by atoms with Crippen LogP contribution in [0.5, 0.6) is 0 Å². The number of amides is 1. The van der Waals surface area contributed by atoms with Gasteiger partial charge >= 0.3 is 0 Å². The first-order valence-corrected chi connectivity index (χ1v) is 31.2. The third-order valence-corrected chi connectivity index (χ3v) is 14.7. The maximum absolute atomic E-state index is 13.2. The Bertz CT molecular complexity index is 1400. The molecule has 0 spiro atoms. The molecule has 1 aliphatic heterocycles. The molecule has 0 aromatic carbocycles. The highest BCUT2D eigenvalue weighted by molar-refractivity contribution is 5.80. The van der Waals surface area contributed by atoms with Gasteiger partial charge in [0.05, 0.1) is 25.4 Å². The lowest BCUT2D eigenvalue weighted by Gasteiger charge is -2.40. The summed E-state index contributed by atoms with van der Waals surface area (Å²) in [6, 6.07) is -1.20. The summed E-state index contributed by atoms with van der Waals surface area (Å²) in [6.45, 7) is 3.45. The minimum atomic E-state index is -1.68. The van der Waals surface area contributed by atoms with E-state index in [0.717, 1.165) is 70.6 Å². The van der Waals surface area contributed by atoms with E-state index >= 15 is 0 Å². The fourth-order valence-electron chi connectivity index (χ4n) is 9.68. The Morgan fingerprint density at radius 1 is 0.467 bits per heavy atom. The first kappa shape index (κ1) is 70.8. The molecule has 1 fully saturated rings. The van der Waals surface area contributed by atoms with Crippen LogP contribution < -0.4 is 5.32 Å². The van der Waals surface area contributed by atoms with E-state index in [1.807, 2.05) is 0 Å². The van der Waals surface area contributed by atoms with Gasteiger partial charge in [0.15, 0.2) is 6.29 Å². The number of rotatable bonds is 53. The van der Waals surface area contributed by atoms with Gasteiger partial charge in [-0.25, -0.2) is 0 Å². The number of aliphatic hydroxyl groups is 7. The third-order valence-electron chi connectivity index (χ3n) is 14.7. The van der Waals surface area contributed by atoms with Crippen molar-refractivity contribution in [3.8, 4) is 0 Å². The number of unbranched alkanes of at least 4 members (excludes halogenated alkanes) is 31. The van der Waals surface area contributed by atoms with Crippen LogP contribution in [-0.4, -0.2) is 110 Å². The minimum absolute atomic E-state index is 0.235. The Hall–Kier alpha value is -2.19. The van der Waals surface area contributed by atoms with E-state index < -0.39 is 74.2 Å². The Kier molecular flexibility index (Phi) is 49.6. The highest BCUT2D eigenvalue weighted by Crippen LogP contribution is 2.23. The van der Waals surface area contributed by atoms with Gasteiger partial charge < -0.3 is 50.5 Å². The van der Waals surface area contributed by atoms with Gasteiger partial charge in [-0.2, -0.15) is 0 Å². The van der Waals surface area contributed by atoms with Crippen molar-refractivity contribution in [2.24, 2.45) is 0 Å². The van der Waals surface area contributed by atoms with Crippen LogP contribution in [0.4, 0.5) is 0 Å². The minimum Gasteiger partial charge on any atom is -0.394 e. The number of carbonyl (C=O) groups is 1. The second-order valence-electron chi connectivity index (χ2n) is 21.7. The molecule has 438 valence electrons. The molecule has 0 aliphatic carbocycles. The van der Waals surface area contributed by atoms with E-state index in [-0.39, 0.29) is 12.8 Å². The van der Waals surface area contributed by atoms with Crippen LogP contribution in [0.1, 0.15) is 271 Å². The zero-order chi connectivity index (χ0) is 54.7. The average molecular weight is 1060 g/mol. The van der Waals surface area contributed by atoms with Gasteiger partial charge in [0.1, 0.15) is 36.6 Å². The molecule has 9 atom stereocenters. The summed E-state index contributed by atoms with van der Waals surface area (Å²) in [5.41, 5.74) is 0. The molecule has 1 amide bonds. The van der Waals surface area contributed by atoms with Crippen LogP contribution in [-0.2, 0) is 14.3 Å². The topological polar surface area (TPSA) is 189 Å². The normalized spacial score (nSPS) is 20.1. The van der Waals surface area contributed by atoms with E-state index in [9.17, 15) is 40.5 Å². The number of carbonyl (C=O) groups excluding carboxylic acids is 1. The van der Waals surface area contributed by atoms with Crippen LogP contribution in [0.15, 0.2) is 60.8 Å². The third kappa shape index (κ3) is 40.6. The standard InChI is InChI=1S/C64H117NO10/c1-3-5-7-9-11-13-15-17-19-21-23-25-27-28-29-30-32-33-35-37-39-41-43-45-47-49-51-56(67)59(69)55(54-74-64-62(72)61(71)60(70)58(53-66)75-64)65-63(73)57(68)52-50-48-46-44-42-40-38-36-34-31-26-24-22-20-18-16-14-12-10-8-6-4-2/h24,26,29-30,34-37,43,45,55-62,64,66-72H,3-23,25,27-28,31-33,38-42,44,46-54H2,1-2H3,(H,65,73)/b26-24-,30-29+,36-34-,37-35+,45-43+. The molecule has 1 saturated heterocycles. The second kappa shape index (κ2) is 52.5. The van der Waals surface area contributed by atoms with E-state index in [1.165, 1.54) is 154 Å². The maximum atomic E-state index is 13.2. The monoisotopic (exact) mass is 1060 g/mol. The zero-order valence-electron chi connectivity index (χ0n) is 48.0. The lowest BCUT2D eigenvalue weighted by molar-refractivity contribution is -0.303. The van der Waals surface area contributed by atoms with Crippen molar-refractivity contribution in [3.63, 3.8) is 0 Å². The number of hydrogen-bond donors (Lipinski definition) is 8. The van der Waals surface area contributed by atoms with Gasteiger partial charge in [0, 0.05) is 0 Å². The number of allylic oxidation sites excluding steroid dienone is 10. The van der Waals surface area contributed by atoms with E-state index in [4.69, 9.17) is 9.47 Å². The van der Waals surface area contributed by atoms with Crippen molar-refractivity contribution in [2.45, 2.75) is 326 Å². The first-order valence-electron chi connectivity index (χ1n) is 31.2. The van der Waals surface area contributed by atoms with Crippen molar-refractivity contribution in [1.82, 2.24) is 5.32 Å². The van der Waals surface area contributed by atoms with Crippen LogP contribution in [0.2, 0.25) is 0 Å². The average Bonchev–Trinajstić information content (AvgIpc) is 3.41. The Morgan fingerprint density at radius 3 is 1.27 bits per heavy atom. The van der Waals surface area contributed by atoms with Gasteiger partial charge in [-0.1, -0.05) is 235 Å². The quantitative estimate of drug-likeness (QED) is 0.0215. The molecule has 8 N–H and O–H groups in total. The van der Waals surface area contributed by atoms with Crippen LogP contribution in [0.25, 0.3) is 0 Å². The number of hydrogen-bond acceptors (Lipinski definition) is 10. The summed E-state index contributed by atoms with van der Waals surface area (Å²) in [4.78, 5) is 13.2. The Morgan fingerprint density at radius 2 is 0.840 bits per heavy atom. The molecule has 11 nitrogen and oxygen atoms in total. The molecular weight excluding hydrogens is 943 g/mol. The number of nitrogens with one attached hydrogen (secondary N) is 1. The van der Waals surface area contributed by atoms with Crippen molar-refractivity contribution >= 4 is 5.91 Å². The van der Waals surface area contributed by atoms with Gasteiger partial charge in [-0.15, -0.1) is 0 Å². The summed E-state index contributed by atoms with van der Waals surface area (Å²) >= 11 is 0. The van der Waals surface area contributed by atoms with E-state index in [2.05, 4.69) is 79.9 Å². The van der Waals surface area contributed by atoms with E-state index in [1.54, 1.807) is 0 Å².